The summed E-state index contributed by atoms with van der Waals surface area (Å²) in [5.41, 5.74) is -1.09. The molecule has 2 N–H and O–H groups in total. The quantitative estimate of drug-likeness (QED) is 0.652. The van der Waals surface area contributed by atoms with E-state index >= 15 is 4.39 Å². The minimum Gasteiger partial charge on any atom is -0.444 e. The number of amides is 2. The summed E-state index contributed by atoms with van der Waals surface area (Å²) in [7, 11) is 0. The van der Waals surface area contributed by atoms with Gasteiger partial charge in [0.25, 0.3) is 5.91 Å². The summed E-state index contributed by atoms with van der Waals surface area (Å²) in [5, 5.41) is 14.5. The second kappa shape index (κ2) is 9.64. The van der Waals surface area contributed by atoms with E-state index in [1.807, 2.05) is 6.07 Å². The highest BCUT2D eigenvalue weighted by Gasteiger charge is 2.50. The topological polar surface area (TPSA) is 126 Å². The monoisotopic (exact) mass is 497 g/mol. The number of fused-ring (bicyclic) bond motifs is 1. The average Bonchev–Trinajstić information content (AvgIpc) is 3.23. The molecular formula is C24H24FN5O4S. The van der Waals surface area contributed by atoms with Crippen molar-refractivity contribution in [3.8, 4) is 6.07 Å². The molecule has 9 nitrogen and oxygen atoms in total. The Morgan fingerprint density at radius 2 is 2.09 bits per heavy atom. The number of nitrogens with zero attached hydrogens (tertiary/aromatic N) is 3. The summed E-state index contributed by atoms with van der Waals surface area (Å²) in [5.74, 6) is -0.626. The number of alkyl carbamates (subject to hydrolysis) is 1. The molecule has 3 heterocycles. The molecule has 35 heavy (non-hydrogen) atoms. The number of aromatic nitrogens is 1. The van der Waals surface area contributed by atoms with Gasteiger partial charge in [-0.3, -0.25) is 10.1 Å². The average molecular weight is 498 g/mol. The number of anilines is 1. The van der Waals surface area contributed by atoms with Gasteiger partial charge in [0.1, 0.15) is 23.2 Å². The highest BCUT2D eigenvalue weighted by Crippen LogP contribution is 2.48. The van der Waals surface area contributed by atoms with Gasteiger partial charge in [0.15, 0.2) is 10.9 Å². The molecule has 4 rings (SSSR count). The first-order valence-electron chi connectivity index (χ1n) is 10.9. The number of pyridine rings is 1. The van der Waals surface area contributed by atoms with E-state index in [2.05, 4.69) is 20.6 Å². The number of nitriles is 1. The number of thioether (sulfide) groups is 1. The van der Waals surface area contributed by atoms with Crippen molar-refractivity contribution >= 4 is 34.6 Å². The number of amidine groups is 1. The fourth-order valence-corrected chi connectivity index (χ4v) is 4.94. The molecule has 1 aromatic heterocycles. The minimum atomic E-state index is -1.34. The van der Waals surface area contributed by atoms with E-state index in [0.717, 1.165) is 0 Å². The van der Waals surface area contributed by atoms with Crippen molar-refractivity contribution in [1.82, 2.24) is 10.3 Å². The number of ether oxygens (including phenoxy) is 2. The lowest BCUT2D eigenvalue weighted by Crippen LogP contribution is -2.42. The molecule has 0 radical (unpaired) electrons. The maximum atomic E-state index is 15.1. The van der Waals surface area contributed by atoms with E-state index in [0.29, 0.717) is 30.0 Å². The van der Waals surface area contributed by atoms with Gasteiger partial charge in [-0.25, -0.2) is 19.2 Å². The van der Waals surface area contributed by atoms with E-state index in [1.165, 1.54) is 48.3 Å². The van der Waals surface area contributed by atoms with Crippen LogP contribution in [0.2, 0.25) is 0 Å². The number of rotatable bonds is 3. The van der Waals surface area contributed by atoms with Crippen LogP contribution in [0.1, 0.15) is 48.8 Å². The van der Waals surface area contributed by atoms with Gasteiger partial charge in [0, 0.05) is 29.1 Å². The maximum Gasteiger partial charge on any atom is 0.413 e. The first kappa shape index (κ1) is 24.6. The van der Waals surface area contributed by atoms with Gasteiger partial charge in [0.05, 0.1) is 12.2 Å². The van der Waals surface area contributed by atoms with Gasteiger partial charge in [-0.2, -0.15) is 5.26 Å². The Bertz CT molecular complexity index is 1220. The molecule has 2 aliphatic heterocycles. The number of aliphatic imine (C=N–C) groups is 1. The highest BCUT2D eigenvalue weighted by molar-refractivity contribution is 8.13. The van der Waals surface area contributed by atoms with Gasteiger partial charge in [0.2, 0.25) is 0 Å². The van der Waals surface area contributed by atoms with E-state index in [1.54, 1.807) is 20.8 Å². The van der Waals surface area contributed by atoms with Crippen LogP contribution in [0.25, 0.3) is 0 Å². The molecule has 2 atom stereocenters. The third-order valence-corrected chi connectivity index (χ3v) is 6.41. The van der Waals surface area contributed by atoms with Crippen LogP contribution < -0.4 is 10.6 Å². The Hall–Kier alpha value is -3.49. The van der Waals surface area contributed by atoms with Crippen molar-refractivity contribution in [2.75, 3.05) is 17.7 Å². The standard InChI is InChI=1S/C24H24FN5O4S/c1-23(2,3)34-22(32)29-21-30-24(15(13-35-21)8-9-33-24)17-10-16(5-6-18(17)25)28-20(31)19-7-4-14(11-26)12-27-19/h4-7,10,12,15H,8-9,13H2,1-3H3,(H,28,31)(H,29,30,32). The molecule has 0 spiro atoms. The van der Waals surface area contributed by atoms with Gasteiger partial charge in [-0.05, 0) is 57.5 Å². The highest BCUT2D eigenvalue weighted by atomic mass is 32.2. The van der Waals surface area contributed by atoms with Gasteiger partial charge < -0.3 is 14.8 Å². The summed E-state index contributed by atoms with van der Waals surface area (Å²) in [6, 6.07) is 9.02. The summed E-state index contributed by atoms with van der Waals surface area (Å²) in [6.45, 7) is 5.63. The van der Waals surface area contributed by atoms with Crippen LogP contribution in [0.3, 0.4) is 0 Å². The summed E-state index contributed by atoms with van der Waals surface area (Å²) >= 11 is 1.34. The van der Waals surface area contributed by atoms with Crippen molar-refractivity contribution in [3.63, 3.8) is 0 Å². The molecule has 0 saturated carbocycles. The van der Waals surface area contributed by atoms with Crippen LogP contribution in [-0.2, 0) is 15.2 Å². The number of carbonyl (C=O) groups is 2. The minimum absolute atomic E-state index is 0.110. The number of hydrogen-bond donors (Lipinski definition) is 2. The fourth-order valence-electron chi connectivity index (χ4n) is 3.83. The summed E-state index contributed by atoms with van der Waals surface area (Å²) < 4.78 is 26.4. The van der Waals surface area contributed by atoms with Gasteiger partial charge in [-0.1, -0.05) is 11.8 Å². The molecule has 1 fully saturated rings. The Morgan fingerprint density at radius 1 is 1.29 bits per heavy atom. The Kier molecular flexibility index (Phi) is 6.78. The lowest BCUT2D eigenvalue weighted by atomic mass is 9.89. The van der Waals surface area contributed by atoms with Crippen molar-refractivity contribution < 1.29 is 23.5 Å². The molecule has 0 aliphatic carbocycles. The van der Waals surface area contributed by atoms with E-state index < -0.39 is 29.1 Å². The fraction of sp³-hybridized carbons (Fsp3) is 0.375. The molecule has 1 saturated heterocycles. The normalized spacial score (nSPS) is 21.3. The predicted molar refractivity (Wildman–Crippen MR) is 128 cm³/mol. The number of nitrogens with one attached hydrogen (secondary N) is 2. The zero-order chi connectivity index (χ0) is 25.2. The van der Waals surface area contributed by atoms with Crippen LogP contribution in [0.15, 0.2) is 41.5 Å². The van der Waals surface area contributed by atoms with E-state index in [4.69, 9.17) is 14.7 Å². The van der Waals surface area contributed by atoms with Crippen molar-refractivity contribution in [1.29, 1.82) is 5.26 Å². The third kappa shape index (κ3) is 5.44. The summed E-state index contributed by atoms with van der Waals surface area (Å²) in [6.07, 6.45) is 1.31. The van der Waals surface area contributed by atoms with Crippen molar-refractivity contribution in [2.24, 2.45) is 10.9 Å². The van der Waals surface area contributed by atoms with Crippen LogP contribution in [0.5, 0.6) is 0 Å². The number of halogens is 1. The number of hydrogen-bond acceptors (Lipinski definition) is 8. The lowest BCUT2D eigenvalue weighted by molar-refractivity contribution is -0.0173. The van der Waals surface area contributed by atoms with Gasteiger partial charge >= 0.3 is 6.09 Å². The Labute approximate surface area is 206 Å². The molecule has 182 valence electrons. The number of carbonyl (C=O) groups excluding carboxylic acids is 2. The second-order valence-corrected chi connectivity index (χ2v) is 10.1. The molecule has 1 aromatic carbocycles. The maximum absolute atomic E-state index is 15.1. The zero-order valence-electron chi connectivity index (χ0n) is 19.4. The molecule has 11 heteroatoms. The number of benzene rings is 1. The van der Waals surface area contributed by atoms with Crippen LogP contribution in [0, 0.1) is 23.1 Å². The molecule has 2 aromatic rings. The lowest BCUT2D eigenvalue weighted by Gasteiger charge is -2.35. The third-order valence-electron chi connectivity index (χ3n) is 5.37. The molecule has 2 amide bonds. The van der Waals surface area contributed by atoms with E-state index in [-0.39, 0.29) is 22.3 Å². The van der Waals surface area contributed by atoms with Gasteiger partial charge in [-0.15, -0.1) is 0 Å². The van der Waals surface area contributed by atoms with Crippen LogP contribution in [-0.4, -0.2) is 40.1 Å². The molecule has 0 bridgehead atoms. The first-order chi connectivity index (χ1) is 16.6. The second-order valence-electron chi connectivity index (χ2n) is 9.08. The molecule has 2 aliphatic rings. The van der Waals surface area contributed by atoms with Crippen molar-refractivity contribution in [2.45, 2.75) is 38.5 Å². The van der Waals surface area contributed by atoms with E-state index in [9.17, 15) is 9.59 Å². The predicted octanol–water partition coefficient (Wildman–Crippen LogP) is 4.16. The Morgan fingerprint density at radius 3 is 2.77 bits per heavy atom. The molecule has 2 unspecified atom stereocenters. The largest absolute Gasteiger partial charge is 0.444 e. The van der Waals surface area contributed by atoms with Crippen LogP contribution >= 0.6 is 11.8 Å². The Balaban J connectivity index is 1.61. The summed E-state index contributed by atoms with van der Waals surface area (Å²) in [4.78, 5) is 33.5. The van der Waals surface area contributed by atoms with Crippen LogP contribution in [0.4, 0.5) is 14.9 Å². The zero-order valence-corrected chi connectivity index (χ0v) is 20.2. The first-order valence-corrected chi connectivity index (χ1v) is 11.9. The smallest absolute Gasteiger partial charge is 0.413 e. The SMILES string of the molecule is CC(C)(C)OC(=O)NC1=NC2(c3cc(NC(=O)c4ccc(C#N)cn4)ccc3F)OCCC2CS1. The van der Waals surface area contributed by atoms with Crippen molar-refractivity contribution in [3.05, 3.63) is 59.2 Å². The molecular weight excluding hydrogens is 473 g/mol.